The Balaban J connectivity index is 1.87. The van der Waals surface area contributed by atoms with Crippen LogP contribution in [0.15, 0.2) is 61.2 Å². The number of imidazole rings is 1. The second-order valence-electron chi connectivity index (χ2n) is 5.75. The number of benzene rings is 2. The molecule has 0 bridgehead atoms. The smallest absolute Gasteiger partial charge is 0.334 e. The molecule has 0 saturated heterocycles. The van der Waals surface area contributed by atoms with Crippen LogP contribution in [0.4, 0.5) is 17.2 Å². The molecule has 26 heavy (non-hydrogen) atoms. The highest BCUT2D eigenvalue weighted by Crippen LogP contribution is 2.31. The van der Waals surface area contributed by atoms with Gasteiger partial charge in [0.2, 0.25) is 11.6 Å². The Morgan fingerprint density at radius 3 is 2.73 bits per heavy atom. The van der Waals surface area contributed by atoms with Crippen molar-refractivity contribution in [1.82, 2.24) is 19.5 Å². The Labute approximate surface area is 148 Å². The van der Waals surface area contributed by atoms with Crippen molar-refractivity contribution < 1.29 is 4.92 Å². The number of nitrogens with one attached hydrogen (secondary N) is 1. The first-order valence-corrected chi connectivity index (χ1v) is 7.89. The lowest BCUT2D eigenvalue weighted by molar-refractivity contribution is -0.384. The molecule has 0 atom stereocenters. The second kappa shape index (κ2) is 6.25. The lowest BCUT2D eigenvalue weighted by Gasteiger charge is -2.10. The van der Waals surface area contributed by atoms with E-state index in [1.807, 2.05) is 55.5 Å². The standard InChI is InChI=1S/C18H14N6O2/c1-12-5-4-6-13(9-12)22-17-16(24(25)26)18(20-10-19-17)23-11-21-14-7-2-3-8-15(14)23/h2-11H,1H3,(H,19,20,22). The van der Waals surface area contributed by atoms with Crippen molar-refractivity contribution in [2.45, 2.75) is 6.92 Å². The Bertz CT molecular complexity index is 1120. The summed E-state index contributed by atoms with van der Waals surface area (Å²) in [6.07, 6.45) is 2.83. The number of para-hydroxylation sites is 2. The maximum atomic E-state index is 11.8. The van der Waals surface area contributed by atoms with E-state index in [2.05, 4.69) is 20.3 Å². The van der Waals surface area contributed by atoms with Crippen molar-refractivity contribution in [3.05, 3.63) is 76.9 Å². The molecule has 0 radical (unpaired) electrons. The van der Waals surface area contributed by atoms with Crippen LogP contribution in [0.1, 0.15) is 5.56 Å². The summed E-state index contributed by atoms with van der Waals surface area (Å²) in [7, 11) is 0. The molecule has 0 aliphatic rings. The van der Waals surface area contributed by atoms with Gasteiger partial charge < -0.3 is 5.32 Å². The Morgan fingerprint density at radius 1 is 1.08 bits per heavy atom. The van der Waals surface area contributed by atoms with Gasteiger partial charge in [-0.3, -0.25) is 14.7 Å². The molecule has 8 heteroatoms. The first-order chi connectivity index (χ1) is 12.6. The monoisotopic (exact) mass is 346 g/mol. The van der Waals surface area contributed by atoms with Crippen LogP contribution in [0, 0.1) is 17.0 Å². The predicted octanol–water partition coefficient (Wildman–Crippen LogP) is 3.78. The van der Waals surface area contributed by atoms with Crippen LogP contribution < -0.4 is 5.32 Å². The topological polar surface area (TPSA) is 98.8 Å². The highest BCUT2D eigenvalue weighted by Gasteiger charge is 2.25. The summed E-state index contributed by atoms with van der Waals surface area (Å²) in [5, 5.41) is 14.8. The predicted molar refractivity (Wildman–Crippen MR) is 97.8 cm³/mol. The van der Waals surface area contributed by atoms with Gasteiger partial charge in [-0.2, -0.15) is 0 Å². The zero-order valence-electron chi connectivity index (χ0n) is 13.8. The average molecular weight is 346 g/mol. The van der Waals surface area contributed by atoms with Crippen molar-refractivity contribution in [2.24, 2.45) is 0 Å². The SMILES string of the molecule is Cc1cccc(Nc2ncnc(-n3cnc4ccccc43)c2[N+](=O)[O-])c1. The normalized spacial score (nSPS) is 10.8. The number of nitrogens with zero attached hydrogens (tertiary/aromatic N) is 5. The van der Waals surface area contributed by atoms with Crippen molar-refractivity contribution in [3.63, 3.8) is 0 Å². The quantitative estimate of drug-likeness (QED) is 0.446. The fourth-order valence-electron chi connectivity index (χ4n) is 2.79. The van der Waals surface area contributed by atoms with Crippen molar-refractivity contribution >= 4 is 28.2 Å². The molecule has 8 nitrogen and oxygen atoms in total. The first-order valence-electron chi connectivity index (χ1n) is 7.89. The number of rotatable bonds is 4. The van der Waals surface area contributed by atoms with Crippen LogP contribution >= 0.6 is 0 Å². The van der Waals surface area contributed by atoms with E-state index < -0.39 is 4.92 Å². The number of aryl methyl sites for hydroxylation is 1. The molecule has 2 heterocycles. The number of anilines is 2. The summed E-state index contributed by atoms with van der Waals surface area (Å²) in [6, 6.07) is 14.9. The van der Waals surface area contributed by atoms with Crippen LogP contribution in [-0.2, 0) is 0 Å². The minimum atomic E-state index is -0.484. The van der Waals surface area contributed by atoms with Crippen LogP contribution in [0.5, 0.6) is 0 Å². The maximum absolute atomic E-state index is 11.8. The fourth-order valence-corrected chi connectivity index (χ4v) is 2.79. The molecule has 4 rings (SSSR count). The Kier molecular flexibility index (Phi) is 3.77. The zero-order valence-corrected chi connectivity index (χ0v) is 13.8. The number of hydrogen-bond donors (Lipinski definition) is 1. The number of fused-ring (bicyclic) bond motifs is 1. The van der Waals surface area contributed by atoms with Gasteiger partial charge in [0.05, 0.1) is 16.0 Å². The summed E-state index contributed by atoms with van der Waals surface area (Å²) in [5.74, 6) is 0.289. The number of aromatic nitrogens is 4. The summed E-state index contributed by atoms with van der Waals surface area (Å²) in [4.78, 5) is 23.8. The van der Waals surface area contributed by atoms with Gasteiger partial charge in [0.25, 0.3) is 0 Å². The largest absolute Gasteiger partial charge is 0.354 e. The molecular formula is C18H14N6O2. The summed E-state index contributed by atoms with van der Waals surface area (Å²) < 4.78 is 1.59. The zero-order chi connectivity index (χ0) is 18.1. The molecule has 2 aromatic carbocycles. The Hall–Kier alpha value is -3.81. The Morgan fingerprint density at radius 2 is 1.92 bits per heavy atom. The molecule has 0 saturated carbocycles. The third-order valence-electron chi connectivity index (χ3n) is 3.95. The lowest BCUT2D eigenvalue weighted by atomic mass is 10.2. The van der Waals surface area contributed by atoms with Crippen LogP contribution in [-0.4, -0.2) is 24.4 Å². The molecule has 4 aromatic rings. The van der Waals surface area contributed by atoms with E-state index in [0.29, 0.717) is 5.69 Å². The lowest BCUT2D eigenvalue weighted by Crippen LogP contribution is -2.07. The van der Waals surface area contributed by atoms with E-state index in [1.165, 1.54) is 12.7 Å². The molecule has 1 N–H and O–H groups in total. The van der Waals surface area contributed by atoms with Crippen LogP contribution in [0.3, 0.4) is 0 Å². The summed E-state index contributed by atoms with van der Waals surface area (Å²) in [6.45, 7) is 1.95. The maximum Gasteiger partial charge on any atom is 0.354 e. The fraction of sp³-hybridized carbons (Fsp3) is 0.0556. The van der Waals surface area contributed by atoms with Crippen molar-refractivity contribution in [2.75, 3.05) is 5.32 Å². The second-order valence-corrected chi connectivity index (χ2v) is 5.75. The molecule has 0 amide bonds. The minimum absolute atomic E-state index is 0.128. The van der Waals surface area contributed by atoms with Gasteiger partial charge in [-0.15, -0.1) is 0 Å². The first kappa shape index (κ1) is 15.7. The van der Waals surface area contributed by atoms with Gasteiger partial charge in [0.1, 0.15) is 12.7 Å². The van der Waals surface area contributed by atoms with Crippen molar-refractivity contribution in [1.29, 1.82) is 0 Å². The minimum Gasteiger partial charge on any atom is -0.334 e. The molecular weight excluding hydrogens is 332 g/mol. The van der Waals surface area contributed by atoms with Crippen LogP contribution in [0.25, 0.3) is 16.9 Å². The van der Waals surface area contributed by atoms with Gasteiger partial charge in [-0.1, -0.05) is 24.3 Å². The molecule has 0 aliphatic heterocycles. The van der Waals surface area contributed by atoms with Crippen LogP contribution in [0.2, 0.25) is 0 Å². The van der Waals surface area contributed by atoms with E-state index >= 15 is 0 Å². The molecule has 0 fully saturated rings. The van der Waals surface area contributed by atoms with E-state index in [0.717, 1.165) is 16.6 Å². The average Bonchev–Trinajstić information content (AvgIpc) is 3.05. The molecule has 2 aromatic heterocycles. The summed E-state index contributed by atoms with van der Waals surface area (Å²) in [5.41, 5.74) is 3.00. The van der Waals surface area contributed by atoms with E-state index in [1.54, 1.807) is 4.57 Å². The van der Waals surface area contributed by atoms with Gasteiger partial charge in [-0.25, -0.2) is 15.0 Å². The van der Waals surface area contributed by atoms with E-state index in [-0.39, 0.29) is 17.3 Å². The molecule has 0 unspecified atom stereocenters. The van der Waals surface area contributed by atoms with Gasteiger partial charge in [-0.05, 0) is 36.8 Å². The highest BCUT2D eigenvalue weighted by molar-refractivity contribution is 5.79. The third kappa shape index (κ3) is 2.73. The molecule has 128 valence electrons. The molecule has 0 spiro atoms. The molecule has 0 aliphatic carbocycles. The number of nitro groups is 1. The van der Waals surface area contributed by atoms with E-state index in [9.17, 15) is 10.1 Å². The van der Waals surface area contributed by atoms with E-state index in [4.69, 9.17) is 0 Å². The van der Waals surface area contributed by atoms with Crippen molar-refractivity contribution in [3.8, 4) is 5.82 Å². The van der Waals surface area contributed by atoms with Gasteiger partial charge >= 0.3 is 5.69 Å². The third-order valence-corrected chi connectivity index (χ3v) is 3.95. The summed E-state index contributed by atoms with van der Waals surface area (Å²) >= 11 is 0. The van der Waals surface area contributed by atoms with Gasteiger partial charge in [0, 0.05) is 5.69 Å². The highest BCUT2D eigenvalue weighted by atomic mass is 16.6. The number of hydrogen-bond acceptors (Lipinski definition) is 6. The van der Waals surface area contributed by atoms with Gasteiger partial charge in [0.15, 0.2) is 0 Å².